The molecule has 0 radical (unpaired) electrons. The van der Waals surface area contributed by atoms with E-state index in [0.717, 1.165) is 16.8 Å². The van der Waals surface area contributed by atoms with Gasteiger partial charge in [0.2, 0.25) is 0 Å². The van der Waals surface area contributed by atoms with Gasteiger partial charge in [-0.15, -0.1) is 0 Å². The van der Waals surface area contributed by atoms with E-state index in [1.54, 1.807) is 12.1 Å². The van der Waals surface area contributed by atoms with Crippen LogP contribution in [0.1, 0.15) is 53.0 Å². The van der Waals surface area contributed by atoms with Crippen molar-refractivity contribution in [1.82, 2.24) is 10.6 Å². The van der Waals surface area contributed by atoms with Gasteiger partial charge < -0.3 is 16.4 Å². The quantitative estimate of drug-likeness (QED) is 0.493. The third-order valence-electron chi connectivity index (χ3n) is 4.79. The largest absolute Gasteiger partial charge is 0.396 e. The van der Waals surface area contributed by atoms with Gasteiger partial charge in [0.1, 0.15) is 5.82 Å². The fourth-order valence-corrected chi connectivity index (χ4v) is 2.95. The average molecular weight is 343 g/mol. The molecule has 1 aliphatic carbocycles. The minimum atomic E-state index is -0.387. The molecule has 0 spiro atoms. The number of hydrogen-bond acceptors (Lipinski definition) is 3. The first-order valence-corrected chi connectivity index (χ1v) is 8.73. The molecule has 0 bridgehead atoms. The predicted molar refractivity (Wildman–Crippen MR) is 104 cm³/mol. The molecule has 136 valence electrons. The summed E-state index contributed by atoms with van der Waals surface area (Å²) >= 11 is 0. The molecule has 0 aromatic heterocycles. The maximum Gasteiger partial charge on any atom is 0.146 e. The zero-order valence-electron chi connectivity index (χ0n) is 16.0. The molecular weight excluding hydrogens is 313 g/mol. The zero-order valence-corrected chi connectivity index (χ0v) is 16.0. The van der Waals surface area contributed by atoms with Gasteiger partial charge in [0.05, 0.1) is 5.69 Å². The topological polar surface area (TPSA) is 50.1 Å². The Morgan fingerprint density at radius 2 is 1.88 bits per heavy atom. The van der Waals surface area contributed by atoms with Gasteiger partial charge in [0.25, 0.3) is 0 Å². The Morgan fingerprint density at radius 1 is 1.24 bits per heavy atom. The smallest absolute Gasteiger partial charge is 0.146 e. The molecule has 0 unspecified atom stereocenters. The zero-order chi connectivity index (χ0) is 18.8. The van der Waals surface area contributed by atoms with Crippen LogP contribution in [0.25, 0.3) is 0 Å². The maximum absolute atomic E-state index is 13.3. The van der Waals surface area contributed by atoms with Gasteiger partial charge in [-0.2, -0.15) is 0 Å². The minimum Gasteiger partial charge on any atom is -0.396 e. The van der Waals surface area contributed by atoms with Crippen molar-refractivity contribution in [3.05, 3.63) is 64.3 Å². The highest BCUT2D eigenvalue weighted by Crippen LogP contribution is 2.36. The summed E-state index contributed by atoms with van der Waals surface area (Å²) in [6, 6.07) is 4.78. The van der Waals surface area contributed by atoms with Crippen LogP contribution in [0, 0.1) is 5.82 Å². The molecule has 1 saturated carbocycles. The Balaban J connectivity index is 2.11. The summed E-state index contributed by atoms with van der Waals surface area (Å²) in [5.74, 6) is -0.387. The number of anilines is 1. The number of rotatable bonds is 7. The van der Waals surface area contributed by atoms with Crippen molar-refractivity contribution >= 4 is 5.69 Å². The van der Waals surface area contributed by atoms with Crippen molar-refractivity contribution in [2.45, 2.75) is 59.5 Å². The summed E-state index contributed by atoms with van der Waals surface area (Å²) in [5.41, 5.74) is 12.6. The van der Waals surface area contributed by atoms with Gasteiger partial charge >= 0.3 is 0 Å². The number of benzene rings is 1. The van der Waals surface area contributed by atoms with Crippen LogP contribution in [0.2, 0.25) is 0 Å². The van der Waals surface area contributed by atoms with E-state index in [4.69, 9.17) is 5.73 Å². The molecular formula is C21H30FN3. The highest BCUT2D eigenvalue weighted by atomic mass is 19.1. The molecule has 2 rings (SSSR count). The fourth-order valence-electron chi connectivity index (χ4n) is 2.95. The molecule has 3 nitrogen and oxygen atoms in total. The fraction of sp³-hybridized carbons (Fsp3) is 0.429. The van der Waals surface area contributed by atoms with Crippen molar-refractivity contribution in [1.29, 1.82) is 0 Å². The van der Waals surface area contributed by atoms with Crippen LogP contribution in [-0.4, -0.2) is 5.54 Å². The highest BCUT2D eigenvalue weighted by molar-refractivity contribution is 5.48. The van der Waals surface area contributed by atoms with Crippen LogP contribution >= 0.6 is 0 Å². The van der Waals surface area contributed by atoms with E-state index < -0.39 is 0 Å². The molecule has 25 heavy (non-hydrogen) atoms. The summed E-state index contributed by atoms with van der Waals surface area (Å²) in [5, 5.41) is 6.98. The van der Waals surface area contributed by atoms with Crippen LogP contribution in [0.3, 0.4) is 0 Å². The number of nitrogens with one attached hydrogen (secondary N) is 2. The first-order chi connectivity index (χ1) is 11.6. The van der Waals surface area contributed by atoms with E-state index >= 15 is 0 Å². The summed E-state index contributed by atoms with van der Waals surface area (Å²) in [4.78, 5) is 0. The second-order valence-electron chi connectivity index (χ2n) is 7.50. The lowest BCUT2D eigenvalue weighted by atomic mass is 9.98. The lowest BCUT2D eigenvalue weighted by Gasteiger charge is -2.21. The summed E-state index contributed by atoms with van der Waals surface area (Å²) in [7, 11) is 0. The number of nitrogen functional groups attached to an aromatic ring is 1. The second kappa shape index (κ2) is 7.34. The predicted octanol–water partition coefficient (Wildman–Crippen LogP) is 4.78. The summed E-state index contributed by atoms with van der Waals surface area (Å²) < 4.78 is 13.3. The van der Waals surface area contributed by atoms with E-state index in [1.807, 2.05) is 0 Å². The second-order valence-corrected chi connectivity index (χ2v) is 7.50. The van der Waals surface area contributed by atoms with Crippen molar-refractivity contribution in [3.63, 3.8) is 0 Å². The molecule has 4 heteroatoms. The maximum atomic E-state index is 13.3. The number of allylic oxidation sites excluding steroid dienone is 3. The molecule has 0 saturated heterocycles. The monoisotopic (exact) mass is 343 g/mol. The third kappa shape index (κ3) is 4.88. The van der Waals surface area contributed by atoms with Crippen molar-refractivity contribution < 1.29 is 4.39 Å². The molecule has 1 aromatic rings. The van der Waals surface area contributed by atoms with Crippen LogP contribution < -0.4 is 16.4 Å². The van der Waals surface area contributed by atoms with Gasteiger partial charge in [0, 0.05) is 29.1 Å². The average Bonchev–Trinajstić information content (AvgIpc) is 3.25. The summed E-state index contributed by atoms with van der Waals surface area (Å²) in [6.07, 6.45) is 2.43. The lowest BCUT2D eigenvalue weighted by molar-refractivity contribution is 0.605. The molecule has 4 N–H and O–H groups in total. The lowest BCUT2D eigenvalue weighted by Crippen LogP contribution is -2.27. The number of halogens is 1. The number of nitrogens with two attached hydrogens (primary N) is 1. The number of hydrogen-bond donors (Lipinski definition) is 3. The van der Waals surface area contributed by atoms with Crippen LogP contribution in [0.4, 0.5) is 10.1 Å². The van der Waals surface area contributed by atoms with E-state index in [2.05, 4.69) is 51.8 Å². The van der Waals surface area contributed by atoms with Crippen LogP contribution in [-0.2, 0) is 6.54 Å². The standard InChI is InChI=1S/C21H30FN3/c1-13(2)20(14(3)15(4)25-21(6)9-10-21)16(5)24-12-17-7-8-18(22)19(23)11-17/h7-8,11,24-25H,5,9-10,12,23H2,1-4,6H3/b15-14-. The Morgan fingerprint density at radius 3 is 2.40 bits per heavy atom. The Hall–Kier alpha value is -2.23. The van der Waals surface area contributed by atoms with Crippen molar-refractivity contribution in [2.24, 2.45) is 0 Å². The Kier molecular flexibility index (Phi) is 5.61. The summed E-state index contributed by atoms with van der Waals surface area (Å²) in [6.45, 7) is 15.4. The molecule has 0 heterocycles. The van der Waals surface area contributed by atoms with E-state index in [0.29, 0.717) is 6.54 Å². The van der Waals surface area contributed by atoms with E-state index in [9.17, 15) is 4.39 Å². The first-order valence-electron chi connectivity index (χ1n) is 8.73. The molecule has 0 atom stereocenters. The van der Waals surface area contributed by atoms with Crippen molar-refractivity contribution in [3.8, 4) is 0 Å². The van der Waals surface area contributed by atoms with Gasteiger partial charge in [-0.05, 0) is 70.7 Å². The van der Waals surface area contributed by atoms with E-state index in [1.165, 1.54) is 35.8 Å². The van der Waals surface area contributed by atoms with Crippen LogP contribution in [0.15, 0.2) is 52.9 Å². The highest BCUT2D eigenvalue weighted by Gasteiger charge is 2.37. The van der Waals surface area contributed by atoms with Gasteiger partial charge in [-0.3, -0.25) is 0 Å². The minimum absolute atomic E-state index is 0.168. The van der Waals surface area contributed by atoms with Gasteiger partial charge in [0.15, 0.2) is 0 Å². The molecule has 1 fully saturated rings. The van der Waals surface area contributed by atoms with E-state index in [-0.39, 0.29) is 17.0 Å². The molecule has 0 amide bonds. The molecule has 1 aromatic carbocycles. The molecule has 1 aliphatic rings. The molecule has 0 aliphatic heterocycles. The SMILES string of the molecule is C=C(NCc1ccc(F)c(N)c1)C(=C(C)C)/C(C)=C(/C)NC1(C)CC1. The third-order valence-corrected chi connectivity index (χ3v) is 4.79. The van der Waals surface area contributed by atoms with Crippen LogP contribution in [0.5, 0.6) is 0 Å². The normalized spacial score (nSPS) is 15.9. The van der Waals surface area contributed by atoms with Crippen molar-refractivity contribution in [2.75, 3.05) is 5.73 Å². The van der Waals surface area contributed by atoms with Gasteiger partial charge in [-0.1, -0.05) is 18.2 Å². The Bertz CT molecular complexity index is 736. The van der Waals surface area contributed by atoms with Gasteiger partial charge in [-0.25, -0.2) is 4.39 Å². The first kappa shape index (κ1) is 19.1. The Labute approximate surface area is 150 Å².